The first-order valence-corrected chi connectivity index (χ1v) is 11.9. The van der Waals surface area contributed by atoms with Gasteiger partial charge in [-0.05, 0) is 43.2 Å². The summed E-state index contributed by atoms with van der Waals surface area (Å²) in [6, 6.07) is 7.47. The van der Waals surface area contributed by atoms with Crippen molar-refractivity contribution < 1.29 is 32.2 Å². The SMILES string of the molecule is COc1cc(Cl)c(C)cc1NC(=O)COC(=O)c1ccc(C)c(S(=O)(=O)N2CCOCC2)c1. The van der Waals surface area contributed by atoms with Crippen molar-refractivity contribution in [3.8, 4) is 5.75 Å². The summed E-state index contributed by atoms with van der Waals surface area (Å²) in [5, 5.41) is 3.09. The molecule has 1 N–H and O–H groups in total. The van der Waals surface area contributed by atoms with Gasteiger partial charge in [0.05, 0.1) is 36.5 Å². The summed E-state index contributed by atoms with van der Waals surface area (Å²) in [5.74, 6) is -1.04. The van der Waals surface area contributed by atoms with E-state index < -0.39 is 28.5 Å². The molecule has 1 fully saturated rings. The number of amides is 1. The highest BCUT2D eigenvalue weighted by Crippen LogP contribution is 2.31. The molecular weight excluding hydrogens is 472 g/mol. The van der Waals surface area contributed by atoms with Crippen LogP contribution >= 0.6 is 11.6 Å². The molecule has 0 spiro atoms. The molecule has 9 nitrogen and oxygen atoms in total. The summed E-state index contributed by atoms with van der Waals surface area (Å²) in [7, 11) is -2.35. The molecule has 3 rings (SSSR count). The molecule has 0 atom stereocenters. The predicted molar refractivity (Wildman–Crippen MR) is 122 cm³/mol. The zero-order valence-electron chi connectivity index (χ0n) is 18.5. The van der Waals surface area contributed by atoms with E-state index in [1.54, 1.807) is 26.0 Å². The molecule has 2 aromatic carbocycles. The van der Waals surface area contributed by atoms with Crippen LogP contribution in [0.4, 0.5) is 5.69 Å². The molecule has 0 saturated carbocycles. The van der Waals surface area contributed by atoms with Crippen LogP contribution in [0.1, 0.15) is 21.5 Å². The van der Waals surface area contributed by atoms with Crippen molar-refractivity contribution in [2.75, 3.05) is 45.3 Å². The number of rotatable bonds is 7. The highest BCUT2D eigenvalue weighted by Gasteiger charge is 2.28. The molecule has 1 saturated heterocycles. The molecule has 0 bridgehead atoms. The second kappa shape index (κ2) is 10.5. The van der Waals surface area contributed by atoms with E-state index >= 15 is 0 Å². The summed E-state index contributed by atoms with van der Waals surface area (Å²) < 4.78 is 42.8. The van der Waals surface area contributed by atoms with Crippen molar-refractivity contribution in [2.24, 2.45) is 0 Å². The van der Waals surface area contributed by atoms with Crippen LogP contribution in [0.15, 0.2) is 35.2 Å². The lowest BCUT2D eigenvalue weighted by Gasteiger charge is -2.26. The van der Waals surface area contributed by atoms with Crippen molar-refractivity contribution in [2.45, 2.75) is 18.7 Å². The summed E-state index contributed by atoms with van der Waals surface area (Å²) in [4.78, 5) is 24.8. The van der Waals surface area contributed by atoms with Gasteiger partial charge in [-0.25, -0.2) is 13.2 Å². The van der Waals surface area contributed by atoms with Gasteiger partial charge in [0.25, 0.3) is 5.91 Å². The lowest BCUT2D eigenvalue weighted by molar-refractivity contribution is -0.119. The summed E-state index contributed by atoms with van der Waals surface area (Å²) in [6.45, 7) is 3.96. The van der Waals surface area contributed by atoms with Crippen LogP contribution in [0.3, 0.4) is 0 Å². The molecule has 1 heterocycles. The lowest BCUT2D eigenvalue weighted by atomic mass is 10.1. The monoisotopic (exact) mass is 496 g/mol. The minimum absolute atomic E-state index is 0.0182. The fraction of sp³-hybridized carbons (Fsp3) is 0.364. The summed E-state index contributed by atoms with van der Waals surface area (Å²) >= 11 is 6.06. The average Bonchev–Trinajstić information content (AvgIpc) is 2.80. The lowest BCUT2D eigenvalue weighted by Crippen LogP contribution is -2.40. The Labute approximate surface area is 197 Å². The highest BCUT2D eigenvalue weighted by molar-refractivity contribution is 7.89. The van der Waals surface area contributed by atoms with Gasteiger partial charge in [0.15, 0.2) is 6.61 Å². The number of carbonyl (C=O) groups excluding carboxylic acids is 2. The normalized spacial score (nSPS) is 14.5. The van der Waals surface area contributed by atoms with Crippen LogP contribution in [-0.4, -0.2) is 64.6 Å². The van der Waals surface area contributed by atoms with E-state index in [9.17, 15) is 18.0 Å². The first-order valence-electron chi connectivity index (χ1n) is 10.1. The number of hydrogen-bond donors (Lipinski definition) is 1. The van der Waals surface area contributed by atoms with Gasteiger partial charge in [-0.15, -0.1) is 0 Å². The Morgan fingerprint density at radius 1 is 1.12 bits per heavy atom. The number of sulfonamides is 1. The van der Waals surface area contributed by atoms with E-state index in [-0.39, 0.29) is 23.5 Å². The smallest absolute Gasteiger partial charge is 0.338 e. The Morgan fingerprint density at radius 2 is 1.82 bits per heavy atom. The van der Waals surface area contributed by atoms with Gasteiger partial charge in [0, 0.05) is 24.2 Å². The Bertz CT molecular complexity index is 1160. The van der Waals surface area contributed by atoms with Crippen LogP contribution < -0.4 is 10.1 Å². The number of methoxy groups -OCH3 is 1. The van der Waals surface area contributed by atoms with Crippen molar-refractivity contribution in [3.63, 3.8) is 0 Å². The van der Waals surface area contributed by atoms with E-state index in [0.717, 1.165) is 5.56 Å². The number of hydrogen-bond acceptors (Lipinski definition) is 7. The third-order valence-corrected chi connectivity index (χ3v) is 7.55. The number of ether oxygens (including phenoxy) is 3. The number of halogens is 1. The van der Waals surface area contributed by atoms with E-state index in [1.807, 2.05) is 0 Å². The zero-order valence-corrected chi connectivity index (χ0v) is 20.1. The topological polar surface area (TPSA) is 111 Å². The van der Waals surface area contributed by atoms with Crippen LogP contribution in [0, 0.1) is 13.8 Å². The first kappa shape index (κ1) is 25.0. The predicted octanol–water partition coefficient (Wildman–Crippen LogP) is 2.78. The molecule has 33 heavy (non-hydrogen) atoms. The van der Waals surface area contributed by atoms with Gasteiger partial charge in [0.2, 0.25) is 10.0 Å². The Morgan fingerprint density at radius 3 is 2.48 bits per heavy atom. The maximum Gasteiger partial charge on any atom is 0.338 e. The number of morpholine rings is 1. The van der Waals surface area contributed by atoms with Gasteiger partial charge in [-0.2, -0.15) is 4.31 Å². The fourth-order valence-corrected chi connectivity index (χ4v) is 5.07. The van der Waals surface area contributed by atoms with Crippen molar-refractivity contribution in [3.05, 3.63) is 52.0 Å². The largest absolute Gasteiger partial charge is 0.495 e. The minimum Gasteiger partial charge on any atom is -0.495 e. The van der Waals surface area contributed by atoms with Crippen molar-refractivity contribution in [1.82, 2.24) is 4.31 Å². The van der Waals surface area contributed by atoms with Crippen molar-refractivity contribution in [1.29, 1.82) is 0 Å². The van der Waals surface area contributed by atoms with Crippen LogP contribution in [-0.2, 0) is 24.3 Å². The standard InChI is InChI=1S/C22H25ClN2O7S/c1-14-4-5-16(11-20(14)33(28,29)25-6-8-31-9-7-25)22(27)32-13-21(26)24-18-10-15(2)17(23)12-19(18)30-3/h4-5,10-12H,6-9,13H2,1-3H3,(H,24,26). The molecular formula is C22H25ClN2O7S. The zero-order chi connectivity index (χ0) is 24.2. The average molecular weight is 497 g/mol. The Kier molecular flexibility index (Phi) is 7.96. The summed E-state index contributed by atoms with van der Waals surface area (Å²) in [6.07, 6.45) is 0. The maximum atomic E-state index is 13.0. The third kappa shape index (κ3) is 5.83. The quantitative estimate of drug-likeness (QED) is 0.586. The van der Waals surface area contributed by atoms with Gasteiger partial charge in [-0.3, -0.25) is 4.79 Å². The summed E-state index contributed by atoms with van der Waals surface area (Å²) in [5.41, 5.74) is 1.65. The number of nitrogens with zero attached hydrogens (tertiary/aromatic N) is 1. The molecule has 1 aliphatic rings. The number of nitrogens with one attached hydrogen (secondary N) is 1. The number of aryl methyl sites for hydroxylation is 2. The molecule has 0 unspecified atom stereocenters. The number of carbonyl (C=O) groups is 2. The number of esters is 1. The second-order valence-electron chi connectivity index (χ2n) is 7.42. The molecule has 1 aliphatic heterocycles. The Balaban J connectivity index is 1.69. The third-order valence-electron chi connectivity index (χ3n) is 5.10. The molecule has 11 heteroatoms. The first-order chi connectivity index (χ1) is 15.6. The fourth-order valence-electron chi connectivity index (χ4n) is 3.26. The number of anilines is 1. The van der Waals surface area contributed by atoms with Crippen LogP contribution in [0.2, 0.25) is 5.02 Å². The van der Waals surface area contributed by atoms with Gasteiger partial charge in [-0.1, -0.05) is 17.7 Å². The minimum atomic E-state index is -3.79. The van der Waals surface area contributed by atoms with Crippen LogP contribution in [0.5, 0.6) is 5.75 Å². The second-order valence-corrected chi connectivity index (χ2v) is 9.74. The van der Waals surface area contributed by atoms with Crippen molar-refractivity contribution >= 4 is 39.2 Å². The Hall–Kier alpha value is -2.66. The number of benzene rings is 2. The molecule has 178 valence electrons. The van der Waals surface area contributed by atoms with E-state index in [2.05, 4.69) is 5.32 Å². The van der Waals surface area contributed by atoms with E-state index in [4.69, 9.17) is 25.8 Å². The molecule has 2 aromatic rings. The maximum absolute atomic E-state index is 13.0. The van der Waals surface area contributed by atoms with E-state index in [0.29, 0.717) is 35.2 Å². The molecule has 0 aromatic heterocycles. The highest BCUT2D eigenvalue weighted by atomic mass is 35.5. The van der Waals surface area contributed by atoms with E-state index in [1.165, 1.54) is 29.6 Å². The molecule has 1 amide bonds. The molecule has 0 aliphatic carbocycles. The van der Waals surface area contributed by atoms with Gasteiger partial charge in [0.1, 0.15) is 5.75 Å². The molecule has 0 radical (unpaired) electrons. The van der Waals surface area contributed by atoms with Crippen LogP contribution in [0.25, 0.3) is 0 Å². The van der Waals surface area contributed by atoms with Gasteiger partial charge < -0.3 is 19.5 Å². The van der Waals surface area contributed by atoms with Gasteiger partial charge >= 0.3 is 5.97 Å².